The average Bonchev–Trinajstić information content (AvgIpc) is 3.16. The van der Waals surface area contributed by atoms with Gasteiger partial charge >= 0.3 is 0 Å². The largest absolute Gasteiger partial charge is 0.350 e. The van der Waals surface area contributed by atoms with Crippen LogP contribution in [0, 0.1) is 6.92 Å². The lowest BCUT2D eigenvalue weighted by Gasteiger charge is -2.24. The summed E-state index contributed by atoms with van der Waals surface area (Å²) in [5.41, 5.74) is 0. The molecule has 0 aromatic carbocycles. The van der Waals surface area contributed by atoms with Gasteiger partial charge in [0.05, 0.1) is 12.6 Å². The molecule has 0 spiro atoms. The van der Waals surface area contributed by atoms with Crippen LogP contribution in [0.3, 0.4) is 0 Å². The van der Waals surface area contributed by atoms with Crippen LogP contribution in [0.2, 0.25) is 0 Å². The molecule has 23 heavy (non-hydrogen) atoms. The fourth-order valence-corrected chi connectivity index (χ4v) is 3.52. The summed E-state index contributed by atoms with van der Waals surface area (Å²) in [6.45, 7) is 5.71. The molecule has 0 amide bonds. The highest BCUT2D eigenvalue weighted by atomic mass is 32.1. The van der Waals surface area contributed by atoms with Gasteiger partial charge < -0.3 is 10.6 Å². The molecule has 3 heterocycles. The number of hydrogen-bond acceptors (Lipinski definition) is 5. The highest BCUT2D eigenvalue weighted by molar-refractivity contribution is 7.11. The molecule has 0 saturated heterocycles. The molecule has 7 nitrogen and oxygen atoms in total. The van der Waals surface area contributed by atoms with Gasteiger partial charge in [-0.05, 0) is 26.2 Å². The SMILES string of the molecule is CCc1cnc(CNC(=NC)NC2CCCn3nc(C)nc32)s1. The van der Waals surface area contributed by atoms with E-state index in [1.165, 1.54) is 4.88 Å². The Morgan fingerprint density at radius 2 is 2.39 bits per heavy atom. The van der Waals surface area contributed by atoms with Gasteiger partial charge in [0, 0.05) is 24.7 Å². The zero-order chi connectivity index (χ0) is 16.2. The minimum atomic E-state index is 0.152. The highest BCUT2D eigenvalue weighted by Gasteiger charge is 2.24. The minimum absolute atomic E-state index is 0.152. The number of hydrogen-bond donors (Lipinski definition) is 2. The second kappa shape index (κ2) is 7.08. The molecule has 1 aliphatic heterocycles. The summed E-state index contributed by atoms with van der Waals surface area (Å²) in [6.07, 6.45) is 5.11. The van der Waals surface area contributed by atoms with Crippen molar-refractivity contribution in [1.82, 2.24) is 30.4 Å². The number of aliphatic imine (C=N–C) groups is 1. The van der Waals surface area contributed by atoms with Crippen LogP contribution in [0.25, 0.3) is 0 Å². The summed E-state index contributed by atoms with van der Waals surface area (Å²) in [7, 11) is 1.79. The van der Waals surface area contributed by atoms with Gasteiger partial charge in [-0.25, -0.2) is 14.6 Å². The molecule has 0 saturated carbocycles. The second-order valence-corrected chi connectivity index (χ2v) is 6.78. The predicted octanol–water partition coefficient (Wildman–Crippen LogP) is 1.81. The Balaban J connectivity index is 1.62. The average molecular weight is 333 g/mol. The van der Waals surface area contributed by atoms with Crippen molar-refractivity contribution in [2.45, 2.75) is 52.2 Å². The van der Waals surface area contributed by atoms with Gasteiger partial charge in [0.1, 0.15) is 16.7 Å². The predicted molar refractivity (Wildman–Crippen MR) is 91.6 cm³/mol. The van der Waals surface area contributed by atoms with Crippen LogP contribution >= 0.6 is 11.3 Å². The van der Waals surface area contributed by atoms with E-state index in [1.54, 1.807) is 18.4 Å². The van der Waals surface area contributed by atoms with Crippen molar-refractivity contribution < 1.29 is 0 Å². The molecule has 1 aliphatic rings. The zero-order valence-electron chi connectivity index (χ0n) is 13.8. The third-order valence-corrected chi connectivity index (χ3v) is 5.01. The molecule has 1 unspecified atom stereocenters. The molecule has 124 valence electrons. The monoisotopic (exact) mass is 333 g/mol. The van der Waals surface area contributed by atoms with E-state index in [2.05, 4.69) is 37.6 Å². The summed E-state index contributed by atoms with van der Waals surface area (Å²) < 4.78 is 2.00. The van der Waals surface area contributed by atoms with E-state index in [0.29, 0.717) is 6.54 Å². The van der Waals surface area contributed by atoms with Crippen molar-refractivity contribution in [1.29, 1.82) is 0 Å². The number of rotatable bonds is 4. The summed E-state index contributed by atoms with van der Waals surface area (Å²) in [5.74, 6) is 2.60. The quantitative estimate of drug-likeness (QED) is 0.659. The van der Waals surface area contributed by atoms with E-state index >= 15 is 0 Å². The molecular weight excluding hydrogens is 310 g/mol. The first-order valence-electron chi connectivity index (χ1n) is 8.01. The van der Waals surface area contributed by atoms with Gasteiger partial charge in [-0.1, -0.05) is 6.92 Å². The summed E-state index contributed by atoms with van der Waals surface area (Å²) >= 11 is 1.74. The Bertz CT molecular complexity index is 688. The van der Waals surface area contributed by atoms with Gasteiger partial charge in [0.25, 0.3) is 0 Å². The maximum atomic E-state index is 4.55. The van der Waals surface area contributed by atoms with Crippen LogP contribution in [0.5, 0.6) is 0 Å². The van der Waals surface area contributed by atoms with Crippen molar-refractivity contribution in [3.05, 3.63) is 27.7 Å². The molecule has 2 aromatic rings. The van der Waals surface area contributed by atoms with Crippen molar-refractivity contribution in [3.63, 3.8) is 0 Å². The molecule has 0 bridgehead atoms. The zero-order valence-corrected chi connectivity index (χ0v) is 14.7. The van der Waals surface area contributed by atoms with E-state index in [9.17, 15) is 0 Å². The summed E-state index contributed by atoms with van der Waals surface area (Å²) in [5, 5.41) is 12.3. The van der Waals surface area contributed by atoms with Crippen LogP contribution in [-0.4, -0.2) is 32.8 Å². The Morgan fingerprint density at radius 3 is 3.13 bits per heavy atom. The number of fused-ring (bicyclic) bond motifs is 1. The van der Waals surface area contributed by atoms with Gasteiger partial charge in [0.2, 0.25) is 0 Å². The number of nitrogens with zero attached hydrogens (tertiary/aromatic N) is 5. The van der Waals surface area contributed by atoms with Crippen LogP contribution < -0.4 is 10.6 Å². The Kier molecular flexibility index (Phi) is 4.90. The van der Waals surface area contributed by atoms with Crippen LogP contribution in [0.1, 0.15) is 47.3 Å². The summed E-state index contributed by atoms with van der Waals surface area (Å²) in [6, 6.07) is 0.152. The third kappa shape index (κ3) is 3.69. The highest BCUT2D eigenvalue weighted by Crippen LogP contribution is 2.22. The minimum Gasteiger partial charge on any atom is -0.350 e. The maximum Gasteiger partial charge on any atom is 0.191 e. The first-order chi connectivity index (χ1) is 11.2. The normalized spacial score (nSPS) is 17.9. The first kappa shape index (κ1) is 15.9. The number of aromatic nitrogens is 4. The van der Waals surface area contributed by atoms with Gasteiger partial charge in [-0.15, -0.1) is 11.3 Å². The Labute approximate surface area is 140 Å². The Hall–Kier alpha value is -1.96. The summed E-state index contributed by atoms with van der Waals surface area (Å²) in [4.78, 5) is 14.6. The molecule has 0 radical (unpaired) electrons. The molecule has 1 atom stereocenters. The van der Waals surface area contributed by atoms with Gasteiger partial charge in [0.15, 0.2) is 5.96 Å². The van der Waals surface area contributed by atoms with E-state index in [4.69, 9.17) is 0 Å². The second-order valence-electron chi connectivity index (χ2n) is 5.58. The van der Waals surface area contributed by atoms with Gasteiger partial charge in [-0.3, -0.25) is 4.99 Å². The van der Waals surface area contributed by atoms with Crippen LogP contribution in [0.4, 0.5) is 0 Å². The van der Waals surface area contributed by atoms with E-state index in [-0.39, 0.29) is 6.04 Å². The lowest BCUT2D eigenvalue weighted by Crippen LogP contribution is -2.41. The van der Waals surface area contributed by atoms with Crippen molar-refractivity contribution >= 4 is 17.3 Å². The fraction of sp³-hybridized carbons (Fsp3) is 0.600. The molecule has 2 aromatic heterocycles. The number of guanidine groups is 1. The smallest absolute Gasteiger partial charge is 0.191 e. The lowest BCUT2D eigenvalue weighted by atomic mass is 10.1. The van der Waals surface area contributed by atoms with Crippen LogP contribution in [0.15, 0.2) is 11.2 Å². The molecule has 0 fully saturated rings. The number of nitrogens with one attached hydrogen (secondary N) is 2. The van der Waals surface area contributed by atoms with E-state index in [0.717, 1.165) is 48.4 Å². The van der Waals surface area contributed by atoms with Gasteiger partial charge in [-0.2, -0.15) is 5.10 Å². The molecular formula is C15H23N7S. The first-order valence-corrected chi connectivity index (χ1v) is 8.83. The molecule has 8 heteroatoms. The van der Waals surface area contributed by atoms with Crippen molar-refractivity contribution in [2.75, 3.05) is 7.05 Å². The number of aryl methyl sites for hydroxylation is 3. The lowest BCUT2D eigenvalue weighted by molar-refractivity contribution is 0.397. The van der Waals surface area contributed by atoms with Crippen molar-refractivity contribution in [2.24, 2.45) is 4.99 Å². The molecule has 3 rings (SSSR count). The molecule has 0 aliphatic carbocycles. The Morgan fingerprint density at radius 1 is 1.52 bits per heavy atom. The van der Waals surface area contributed by atoms with Crippen LogP contribution in [-0.2, 0) is 19.5 Å². The fourth-order valence-electron chi connectivity index (χ4n) is 2.72. The number of thiazole rings is 1. The topological polar surface area (TPSA) is 80.0 Å². The third-order valence-electron chi connectivity index (χ3n) is 3.87. The maximum absolute atomic E-state index is 4.55. The van der Waals surface area contributed by atoms with E-state index in [1.807, 2.05) is 17.8 Å². The standard InChI is InChI=1S/C15H23N7S/c1-4-11-8-17-13(23-11)9-18-15(16-3)20-12-6-5-7-22-14(12)19-10(2)21-22/h8,12H,4-7,9H2,1-3H3,(H2,16,18,20). The van der Waals surface area contributed by atoms with Crippen molar-refractivity contribution in [3.8, 4) is 0 Å². The van der Waals surface area contributed by atoms with E-state index < -0.39 is 0 Å². The molecule has 2 N–H and O–H groups in total.